The van der Waals surface area contributed by atoms with Gasteiger partial charge in [0.05, 0.1) is 33.1 Å². The number of hydrogen-bond acceptors (Lipinski definition) is 5. The molecule has 0 atom stereocenters. The van der Waals surface area contributed by atoms with E-state index < -0.39 is 0 Å². The molecule has 0 saturated heterocycles. The molecule has 0 fully saturated rings. The lowest BCUT2D eigenvalue weighted by Gasteiger charge is -2.23. The van der Waals surface area contributed by atoms with Gasteiger partial charge in [-0.05, 0) is 37.3 Å². The van der Waals surface area contributed by atoms with Gasteiger partial charge in [0.15, 0.2) is 11.5 Å². The molecule has 5 nitrogen and oxygen atoms in total. The maximum atomic E-state index is 5.78. The first-order chi connectivity index (χ1) is 12.5. The lowest BCUT2D eigenvalue weighted by Crippen LogP contribution is -2.28. The average molecular weight is 354 g/mol. The Bertz CT molecular complexity index is 815. The van der Waals surface area contributed by atoms with Crippen molar-refractivity contribution in [3.63, 3.8) is 0 Å². The molecule has 0 bridgehead atoms. The minimum atomic E-state index is -0.112. The fourth-order valence-corrected chi connectivity index (χ4v) is 3.26. The highest BCUT2D eigenvalue weighted by molar-refractivity contribution is 6.07. The van der Waals surface area contributed by atoms with Crippen LogP contribution in [-0.4, -0.2) is 33.1 Å². The second-order valence-electron chi connectivity index (χ2n) is 6.86. The average Bonchev–Trinajstić information content (AvgIpc) is 2.97. The van der Waals surface area contributed by atoms with E-state index in [-0.39, 0.29) is 5.41 Å². The minimum absolute atomic E-state index is 0.112. The first-order valence-electron chi connectivity index (χ1n) is 8.81. The monoisotopic (exact) mass is 354 g/mol. The standard InChI is InChI=1S/C21H26N2O3/c1-6-26-17-10-8-7-9-16(17)23-14-21(2,3)20(22-23)15-11-12-18(24-4)19(13-15)25-5/h7-13H,6,14H2,1-5H3. The molecule has 0 aromatic heterocycles. The zero-order valence-electron chi connectivity index (χ0n) is 16.1. The summed E-state index contributed by atoms with van der Waals surface area (Å²) >= 11 is 0. The Morgan fingerprint density at radius 2 is 1.73 bits per heavy atom. The molecule has 3 rings (SSSR count). The van der Waals surface area contributed by atoms with Gasteiger partial charge in [0, 0.05) is 11.0 Å². The number of anilines is 1. The van der Waals surface area contributed by atoms with Gasteiger partial charge in [-0.15, -0.1) is 0 Å². The highest BCUT2D eigenvalue weighted by Gasteiger charge is 2.36. The molecule has 0 aliphatic carbocycles. The van der Waals surface area contributed by atoms with Crippen LogP contribution in [-0.2, 0) is 0 Å². The summed E-state index contributed by atoms with van der Waals surface area (Å²) in [6, 6.07) is 13.9. The van der Waals surface area contributed by atoms with Crippen molar-refractivity contribution in [1.29, 1.82) is 0 Å². The first-order valence-corrected chi connectivity index (χ1v) is 8.81. The fraction of sp³-hybridized carbons (Fsp3) is 0.381. The molecule has 0 unspecified atom stereocenters. The lowest BCUT2D eigenvalue weighted by atomic mass is 9.84. The molecule has 1 aliphatic rings. The normalized spacial score (nSPS) is 15.6. The number of methoxy groups -OCH3 is 2. The molecule has 2 aromatic rings. The van der Waals surface area contributed by atoms with Crippen LogP contribution in [0.25, 0.3) is 0 Å². The maximum absolute atomic E-state index is 5.78. The molecule has 0 spiro atoms. The third kappa shape index (κ3) is 3.34. The van der Waals surface area contributed by atoms with Gasteiger partial charge in [-0.1, -0.05) is 26.0 Å². The van der Waals surface area contributed by atoms with Gasteiger partial charge in [0.2, 0.25) is 0 Å². The Morgan fingerprint density at radius 3 is 2.42 bits per heavy atom. The van der Waals surface area contributed by atoms with Crippen LogP contribution in [0.15, 0.2) is 47.6 Å². The zero-order chi connectivity index (χ0) is 18.7. The van der Waals surface area contributed by atoms with Crippen molar-refractivity contribution in [2.45, 2.75) is 20.8 Å². The number of ether oxygens (including phenoxy) is 3. The lowest BCUT2D eigenvalue weighted by molar-refractivity contribution is 0.340. The molecule has 1 heterocycles. The van der Waals surface area contributed by atoms with E-state index in [2.05, 4.69) is 13.8 Å². The Kier molecular flexibility index (Phi) is 5.07. The summed E-state index contributed by atoms with van der Waals surface area (Å²) in [5, 5.41) is 6.95. The predicted molar refractivity (Wildman–Crippen MR) is 105 cm³/mol. The Morgan fingerprint density at radius 1 is 1.00 bits per heavy atom. The van der Waals surface area contributed by atoms with Crippen LogP contribution < -0.4 is 19.2 Å². The van der Waals surface area contributed by atoms with Crippen LogP contribution in [0, 0.1) is 5.41 Å². The zero-order valence-corrected chi connectivity index (χ0v) is 16.1. The number of hydrogen-bond donors (Lipinski definition) is 0. The number of nitrogens with zero attached hydrogens (tertiary/aromatic N) is 2. The van der Waals surface area contributed by atoms with E-state index in [1.54, 1.807) is 14.2 Å². The smallest absolute Gasteiger partial charge is 0.161 e. The summed E-state index contributed by atoms with van der Waals surface area (Å²) in [6.45, 7) is 7.79. The van der Waals surface area contributed by atoms with E-state index in [1.807, 2.05) is 54.4 Å². The molecular weight excluding hydrogens is 328 g/mol. The minimum Gasteiger partial charge on any atom is -0.493 e. The van der Waals surface area contributed by atoms with Gasteiger partial charge in [0.25, 0.3) is 0 Å². The van der Waals surface area contributed by atoms with Crippen molar-refractivity contribution in [2.24, 2.45) is 10.5 Å². The Hall–Kier alpha value is -2.69. The summed E-state index contributed by atoms with van der Waals surface area (Å²) in [7, 11) is 3.29. The van der Waals surface area contributed by atoms with Crippen LogP contribution in [0.5, 0.6) is 17.2 Å². The van der Waals surface area contributed by atoms with Gasteiger partial charge in [-0.2, -0.15) is 5.10 Å². The van der Waals surface area contributed by atoms with Crippen molar-refractivity contribution in [3.8, 4) is 17.2 Å². The number of benzene rings is 2. The molecule has 0 saturated carbocycles. The SMILES string of the molecule is CCOc1ccccc1N1CC(C)(C)C(c2ccc(OC)c(OC)c2)=N1. The third-order valence-corrected chi connectivity index (χ3v) is 4.51. The molecule has 138 valence electrons. The first kappa shape index (κ1) is 18.1. The molecule has 26 heavy (non-hydrogen) atoms. The van der Waals surface area contributed by atoms with E-state index in [0.717, 1.165) is 29.3 Å². The van der Waals surface area contributed by atoms with Crippen LogP contribution in [0.2, 0.25) is 0 Å². The molecule has 0 N–H and O–H groups in total. The number of rotatable bonds is 6. The molecule has 0 radical (unpaired) electrons. The summed E-state index contributed by atoms with van der Waals surface area (Å²) in [5.41, 5.74) is 2.92. The predicted octanol–water partition coefficient (Wildman–Crippen LogP) is 4.35. The Balaban J connectivity index is 2.01. The molecule has 2 aromatic carbocycles. The number of hydrazone groups is 1. The number of para-hydroxylation sites is 2. The van der Waals surface area contributed by atoms with E-state index >= 15 is 0 Å². The van der Waals surface area contributed by atoms with Gasteiger partial charge in [0.1, 0.15) is 11.4 Å². The van der Waals surface area contributed by atoms with Crippen molar-refractivity contribution in [3.05, 3.63) is 48.0 Å². The summed E-state index contributed by atoms with van der Waals surface area (Å²) < 4.78 is 16.6. The topological polar surface area (TPSA) is 43.3 Å². The molecule has 0 amide bonds. The van der Waals surface area contributed by atoms with Crippen molar-refractivity contribution < 1.29 is 14.2 Å². The molecule has 1 aliphatic heterocycles. The summed E-state index contributed by atoms with van der Waals surface area (Å²) in [4.78, 5) is 0. The Labute approximate surface area is 155 Å². The second-order valence-corrected chi connectivity index (χ2v) is 6.86. The van der Waals surface area contributed by atoms with Gasteiger partial charge in [-0.3, -0.25) is 5.01 Å². The van der Waals surface area contributed by atoms with E-state index in [4.69, 9.17) is 19.3 Å². The van der Waals surface area contributed by atoms with Gasteiger partial charge >= 0.3 is 0 Å². The van der Waals surface area contributed by atoms with Gasteiger partial charge < -0.3 is 14.2 Å². The van der Waals surface area contributed by atoms with Crippen molar-refractivity contribution in [2.75, 3.05) is 32.4 Å². The summed E-state index contributed by atoms with van der Waals surface area (Å²) in [5.74, 6) is 2.27. The quantitative estimate of drug-likeness (QED) is 0.773. The molecular formula is C21H26N2O3. The third-order valence-electron chi connectivity index (χ3n) is 4.51. The van der Waals surface area contributed by atoms with Crippen LogP contribution in [0.4, 0.5) is 5.69 Å². The fourth-order valence-electron chi connectivity index (χ4n) is 3.26. The summed E-state index contributed by atoms with van der Waals surface area (Å²) in [6.07, 6.45) is 0. The maximum Gasteiger partial charge on any atom is 0.161 e. The van der Waals surface area contributed by atoms with Crippen molar-refractivity contribution in [1.82, 2.24) is 0 Å². The van der Waals surface area contributed by atoms with E-state index in [1.165, 1.54) is 0 Å². The van der Waals surface area contributed by atoms with Gasteiger partial charge in [-0.25, -0.2) is 0 Å². The highest BCUT2D eigenvalue weighted by atomic mass is 16.5. The van der Waals surface area contributed by atoms with Crippen LogP contribution >= 0.6 is 0 Å². The molecule has 5 heteroatoms. The second kappa shape index (κ2) is 7.28. The van der Waals surface area contributed by atoms with E-state index in [9.17, 15) is 0 Å². The highest BCUT2D eigenvalue weighted by Crippen LogP contribution is 2.39. The largest absolute Gasteiger partial charge is 0.493 e. The van der Waals surface area contributed by atoms with Crippen molar-refractivity contribution >= 4 is 11.4 Å². The van der Waals surface area contributed by atoms with Crippen LogP contribution in [0.1, 0.15) is 26.3 Å². The van der Waals surface area contributed by atoms with Crippen LogP contribution in [0.3, 0.4) is 0 Å². The van der Waals surface area contributed by atoms with E-state index in [0.29, 0.717) is 18.1 Å².